The number of para-hydroxylation sites is 2. The first-order chi connectivity index (χ1) is 9.68. The van der Waals surface area contributed by atoms with Crippen molar-refractivity contribution in [2.75, 3.05) is 4.90 Å². The molecule has 1 rings (SSSR count). The van der Waals surface area contributed by atoms with E-state index in [4.69, 9.17) is 5.41 Å². The second-order valence-electron chi connectivity index (χ2n) is 5.76. The molecule has 21 heavy (non-hydrogen) atoms. The molecule has 0 heterocycles. The SMILES string of the molecule is CC(NC(=N)N(C#N)c1ccccc1[N+](=O)[O-])C(C)(C)C. The van der Waals surface area contributed by atoms with Crippen LogP contribution < -0.4 is 10.2 Å². The van der Waals surface area contributed by atoms with Gasteiger partial charge in [0.1, 0.15) is 5.69 Å². The maximum Gasteiger partial charge on any atom is 0.294 e. The first-order valence-electron chi connectivity index (χ1n) is 6.47. The third kappa shape index (κ3) is 3.92. The highest BCUT2D eigenvalue weighted by Gasteiger charge is 2.26. The van der Waals surface area contributed by atoms with Crippen LogP contribution in [0, 0.1) is 32.4 Å². The van der Waals surface area contributed by atoms with Crippen molar-refractivity contribution in [1.82, 2.24) is 5.32 Å². The zero-order valence-electron chi connectivity index (χ0n) is 12.5. The molecule has 0 radical (unpaired) electrons. The summed E-state index contributed by atoms with van der Waals surface area (Å²) in [7, 11) is 0. The van der Waals surface area contributed by atoms with Crippen LogP contribution in [0.25, 0.3) is 0 Å². The molecule has 0 aliphatic carbocycles. The van der Waals surface area contributed by atoms with Crippen molar-refractivity contribution in [3.63, 3.8) is 0 Å². The van der Waals surface area contributed by atoms with Crippen LogP contribution in [0.4, 0.5) is 11.4 Å². The van der Waals surface area contributed by atoms with E-state index in [0.717, 1.165) is 4.90 Å². The van der Waals surface area contributed by atoms with Crippen LogP contribution in [0.1, 0.15) is 27.7 Å². The molecule has 1 aromatic carbocycles. The number of nitro groups is 1. The third-order valence-electron chi connectivity index (χ3n) is 3.30. The monoisotopic (exact) mass is 289 g/mol. The van der Waals surface area contributed by atoms with Crippen LogP contribution in [0.3, 0.4) is 0 Å². The van der Waals surface area contributed by atoms with E-state index in [0.29, 0.717) is 0 Å². The van der Waals surface area contributed by atoms with Gasteiger partial charge in [-0.2, -0.15) is 5.26 Å². The number of hydrogen-bond acceptors (Lipinski definition) is 4. The summed E-state index contributed by atoms with van der Waals surface area (Å²) in [6, 6.07) is 5.78. The van der Waals surface area contributed by atoms with Crippen molar-refractivity contribution in [1.29, 1.82) is 10.7 Å². The maximum absolute atomic E-state index is 11.0. The number of hydrogen-bond donors (Lipinski definition) is 2. The van der Waals surface area contributed by atoms with Crippen LogP contribution in [0.2, 0.25) is 0 Å². The maximum atomic E-state index is 11.0. The summed E-state index contributed by atoms with van der Waals surface area (Å²) in [6.45, 7) is 7.89. The van der Waals surface area contributed by atoms with E-state index in [2.05, 4.69) is 5.32 Å². The van der Waals surface area contributed by atoms with E-state index >= 15 is 0 Å². The Hall–Kier alpha value is -2.62. The van der Waals surface area contributed by atoms with Crippen molar-refractivity contribution in [2.24, 2.45) is 5.41 Å². The summed E-state index contributed by atoms with van der Waals surface area (Å²) < 4.78 is 0. The molecule has 2 N–H and O–H groups in total. The summed E-state index contributed by atoms with van der Waals surface area (Å²) >= 11 is 0. The predicted molar refractivity (Wildman–Crippen MR) is 81.0 cm³/mol. The van der Waals surface area contributed by atoms with Gasteiger partial charge in [-0.1, -0.05) is 32.9 Å². The van der Waals surface area contributed by atoms with Gasteiger partial charge in [-0.25, -0.2) is 4.90 Å². The molecule has 112 valence electrons. The van der Waals surface area contributed by atoms with Crippen LogP contribution in [-0.4, -0.2) is 16.9 Å². The minimum absolute atomic E-state index is 0.0728. The van der Waals surface area contributed by atoms with E-state index in [1.165, 1.54) is 18.2 Å². The van der Waals surface area contributed by atoms with E-state index in [-0.39, 0.29) is 28.8 Å². The highest BCUT2D eigenvalue weighted by Crippen LogP contribution is 2.27. The number of anilines is 1. The fraction of sp³-hybridized carbons (Fsp3) is 0.429. The van der Waals surface area contributed by atoms with Gasteiger partial charge in [-0.05, 0) is 18.4 Å². The second-order valence-corrected chi connectivity index (χ2v) is 5.76. The van der Waals surface area contributed by atoms with Gasteiger partial charge in [0.15, 0.2) is 6.19 Å². The first-order valence-corrected chi connectivity index (χ1v) is 6.47. The number of guanidine groups is 1. The quantitative estimate of drug-likeness (QED) is 0.222. The second kappa shape index (κ2) is 6.22. The number of nitrogens with one attached hydrogen (secondary N) is 2. The summed E-state index contributed by atoms with van der Waals surface area (Å²) in [5.41, 5.74) is -0.256. The van der Waals surface area contributed by atoms with Crippen LogP contribution >= 0.6 is 0 Å². The average Bonchev–Trinajstić information content (AvgIpc) is 2.38. The summed E-state index contributed by atoms with van der Waals surface area (Å²) in [4.78, 5) is 11.4. The topological polar surface area (TPSA) is 106 Å². The summed E-state index contributed by atoms with van der Waals surface area (Å²) in [6.07, 6.45) is 1.81. The highest BCUT2D eigenvalue weighted by atomic mass is 16.6. The lowest BCUT2D eigenvalue weighted by molar-refractivity contribution is -0.384. The van der Waals surface area contributed by atoms with E-state index in [9.17, 15) is 15.4 Å². The van der Waals surface area contributed by atoms with Crippen molar-refractivity contribution < 1.29 is 4.92 Å². The largest absolute Gasteiger partial charge is 0.352 e. The number of nitriles is 1. The Balaban J connectivity index is 3.08. The zero-order chi connectivity index (χ0) is 16.2. The van der Waals surface area contributed by atoms with Gasteiger partial charge in [-0.15, -0.1) is 0 Å². The number of nitrogens with zero attached hydrogens (tertiary/aromatic N) is 3. The lowest BCUT2D eigenvalue weighted by Crippen LogP contribution is -2.47. The molecule has 0 bridgehead atoms. The number of nitro benzene ring substituents is 1. The molecule has 7 heteroatoms. The Labute approximate surface area is 123 Å². The van der Waals surface area contributed by atoms with Gasteiger partial charge in [0, 0.05) is 12.1 Å². The van der Waals surface area contributed by atoms with Crippen molar-refractivity contribution in [3.8, 4) is 6.19 Å². The van der Waals surface area contributed by atoms with Crippen molar-refractivity contribution in [3.05, 3.63) is 34.4 Å². The van der Waals surface area contributed by atoms with E-state index in [1.807, 2.05) is 33.9 Å². The van der Waals surface area contributed by atoms with Gasteiger partial charge in [0.05, 0.1) is 4.92 Å². The molecule has 0 aromatic heterocycles. The molecule has 0 spiro atoms. The smallest absolute Gasteiger partial charge is 0.294 e. The average molecular weight is 289 g/mol. The van der Waals surface area contributed by atoms with Gasteiger partial charge in [0.25, 0.3) is 5.69 Å². The van der Waals surface area contributed by atoms with Crippen LogP contribution in [0.15, 0.2) is 24.3 Å². The minimum Gasteiger partial charge on any atom is -0.352 e. The summed E-state index contributed by atoms with van der Waals surface area (Å²) in [5.74, 6) is -0.186. The standard InChI is InChI=1S/C14H19N5O2/c1-10(14(2,3)4)17-13(16)18(9-15)11-7-5-6-8-12(11)19(20)21/h5-8,10H,1-4H3,(H2,16,17). The van der Waals surface area contributed by atoms with Gasteiger partial charge in [-0.3, -0.25) is 15.5 Å². The fourth-order valence-electron chi connectivity index (χ4n) is 1.52. The van der Waals surface area contributed by atoms with Gasteiger partial charge in [0.2, 0.25) is 5.96 Å². The zero-order valence-corrected chi connectivity index (χ0v) is 12.5. The van der Waals surface area contributed by atoms with Crippen LogP contribution in [0.5, 0.6) is 0 Å². The lowest BCUT2D eigenvalue weighted by atomic mass is 9.88. The predicted octanol–water partition coefficient (Wildman–Crippen LogP) is 2.84. The number of rotatable bonds is 3. The third-order valence-corrected chi connectivity index (χ3v) is 3.30. The Morgan fingerprint density at radius 3 is 2.52 bits per heavy atom. The molecular weight excluding hydrogens is 270 g/mol. The lowest BCUT2D eigenvalue weighted by Gasteiger charge is -2.30. The van der Waals surface area contributed by atoms with E-state index in [1.54, 1.807) is 6.07 Å². The summed E-state index contributed by atoms with van der Waals surface area (Å²) in [5, 5.41) is 31.2. The molecule has 1 aromatic rings. The normalized spacial score (nSPS) is 12.1. The van der Waals surface area contributed by atoms with Crippen LogP contribution in [-0.2, 0) is 0 Å². The fourth-order valence-corrected chi connectivity index (χ4v) is 1.52. The molecule has 0 aliphatic heterocycles. The van der Waals surface area contributed by atoms with Gasteiger partial charge >= 0.3 is 0 Å². The molecule has 0 fully saturated rings. The molecule has 1 unspecified atom stereocenters. The Kier molecular flexibility index (Phi) is 4.87. The molecule has 0 amide bonds. The molecule has 0 saturated carbocycles. The van der Waals surface area contributed by atoms with Crippen molar-refractivity contribution >= 4 is 17.3 Å². The molecule has 0 saturated heterocycles. The molecule has 0 aliphatic rings. The molecular formula is C14H19N5O2. The minimum atomic E-state index is -0.569. The Morgan fingerprint density at radius 1 is 1.48 bits per heavy atom. The molecule has 1 atom stereocenters. The first kappa shape index (κ1) is 16.4. The van der Waals surface area contributed by atoms with Crippen molar-refractivity contribution in [2.45, 2.75) is 33.7 Å². The van der Waals surface area contributed by atoms with Gasteiger partial charge < -0.3 is 5.32 Å². The van der Waals surface area contributed by atoms with E-state index < -0.39 is 4.92 Å². The molecule has 7 nitrogen and oxygen atoms in total. The Bertz CT molecular complexity index is 586. The Morgan fingerprint density at radius 2 is 2.05 bits per heavy atom. The number of benzene rings is 1. The highest BCUT2D eigenvalue weighted by molar-refractivity contribution is 5.98.